The molecule has 59 heavy (non-hydrogen) atoms. The van der Waals surface area contributed by atoms with Crippen molar-refractivity contribution in [3.05, 3.63) is 112 Å². The number of benzene rings is 3. The molecule has 3 heterocycles. The van der Waals surface area contributed by atoms with Crippen molar-refractivity contribution in [2.24, 2.45) is 4.99 Å². The van der Waals surface area contributed by atoms with E-state index in [0.717, 1.165) is 16.7 Å². The number of aromatic nitrogens is 4. The van der Waals surface area contributed by atoms with Gasteiger partial charge in [0, 0.05) is 32.6 Å². The van der Waals surface area contributed by atoms with Crippen LogP contribution in [0.15, 0.2) is 95.0 Å². The van der Waals surface area contributed by atoms with Crippen LogP contribution in [0.5, 0.6) is 11.5 Å². The molecule has 15 nitrogen and oxygen atoms in total. The average Bonchev–Trinajstić information content (AvgIpc) is 3.85. The molecule has 0 saturated carbocycles. The van der Waals surface area contributed by atoms with Crippen LogP contribution in [0.25, 0.3) is 11.2 Å². The Morgan fingerprint density at radius 1 is 0.983 bits per heavy atom. The number of aromatic amines is 1. The van der Waals surface area contributed by atoms with Gasteiger partial charge in [-0.15, -0.1) is 0 Å². The molecule has 0 spiro atoms. The first-order valence-corrected chi connectivity index (χ1v) is 20.7. The molecule has 0 radical (unpaired) electrons. The van der Waals surface area contributed by atoms with Gasteiger partial charge in [0.2, 0.25) is 5.95 Å². The van der Waals surface area contributed by atoms with E-state index in [-0.39, 0.29) is 43.2 Å². The Balaban J connectivity index is 1.45. The zero-order valence-corrected chi connectivity index (χ0v) is 35.7. The van der Waals surface area contributed by atoms with E-state index in [9.17, 15) is 10.1 Å². The van der Waals surface area contributed by atoms with Crippen molar-refractivity contribution in [3.63, 3.8) is 0 Å². The number of H-pyrrole nitrogens is 1. The van der Waals surface area contributed by atoms with Crippen LogP contribution in [0.2, 0.25) is 0 Å². The van der Waals surface area contributed by atoms with Crippen molar-refractivity contribution in [3.8, 4) is 17.6 Å². The molecule has 6 rings (SSSR count). The van der Waals surface area contributed by atoms with Gasteiger partial charge in [0.1, 0.15) is 29.4 Å². The quantitative estimate of drug-likeness (QED) is 0.0291. The van der Waals surface area contributed by atoms with Crippen LogP contribution in [0.1, 0.15) is 63.5 Å². The number of nitrogens with zero attached hydrogens (tertiary/aromatic N) is 7. The number of hydrogen-bond acceptors (Lipinski definition) is 12. The summed E-state index contributed by atoms with van der Waals surface area (Å²) in [7, 11) is 5.26. The summed E-state index contributed by atoms with van der Waals surface area (Å²) in [6, 6.07) is 28.1. The number of rotatable bonds is 19. The second kappa shape index (κ2) is 19.7. The van der Waals surface area contributed by atoms with E-state index in [1.165, 1.54) is 0 Å². The minimum Gasteiger partial charge on any atom is -0.497 e. The minimum absolute atomic E-state index is 0.0673. The Bertz CT molecular complexity index is 2190. The number of fused-ring (bicyclic) bond motifs is 1. The SMILES string of the molecule is COc1ccc(C(OCC2OC(n3cnc4c(=O)[nH]c(/N=C\N(C)C)nc43)C[C@H]2OP(OCCC#N)N(C(C)C)C(C)C)(c2ccccc2)c2ccc(OC)cc2)cc1. The first-order valence-electron chi connectivity index (χ1n) is 19.6. The van der Waals surface area contributed by atoms with E-state index in [4.69, 9.17) is 28.0 Å². The molecular formula is C43H53N8O7P. The van der Waals surface area contributed by atoms with Gasteiger partial charge < -0.3 is 32.9 Å². The molecule has 3 unspecified atom stereocenters. The van der Waals surface area contributed by atoms with E-state index in [2.05, 4.69) is 58.4 Å². The van der Waals surface area contributed by atoms with Crippen LogP contribution in [0.3, 0.4) is 0 Å². The van der Waals surface area contributed by atoms with Gasteiger partial charge in [-0.2, -0.15) is 10.2 Å². The molecule has 0 bridgehead atoms. The molecule has 1 aliphatic heterocycles. The molecule has 1 N–H and O–H groups in total. The fourth-order valence-corrected chi connectivity index (χ4v) is 8.94. The lowest BCUT2D eigenvalue weighted by atomic mass is 9.80. The molecule has 0 amide bonds. The van der Waals surface area contributed by atoms with Gasteiger partial charge in [-0.3, -0.25) is 14.3 Å². The topological polar surface area (TPSA) is 162 Å². The molecule has 1 fully saturated rings. The van der Waals surface area contributed by atoms with Crippen molar-refractivity contribution in [2.75, 3.05) is 41.5 Å². The van der Waals surface area contributed by atoms with Gasteiger partial charge in [-0.05, 0) is 68.7 Å². The summed E-state index contributed by atoms with van der Waals surface area (Å²) in [6.45, 7) is 8.65. The number of nitrogens with one attached hydrogen (secondary N) is 1. The van der Waals surface area contributed by atoms with Gasteiger partial charge in [0.25, 0.3) is 14.1 Å². The number of methoxy groups -OCH3 is 2. The first kappa shape index (κ1) is 43.4. The van der Waals surface area contributed by atoms with Crippen molar-refractivity contribution >= 4 is 32.0 Å². The fraction of sp³-hybridized carbons (Fsp3) is 0.419. The van der Waals surface area contributed by atoms with Gasteiger partial charge in [0.05, 0.1) is 58.7 Å². The van der Waals surface area contributed by atoms with Gasteiger partial charge in [-0.25, -0.2) is 14.6 Å². The molecule has 0 aliphatic carbocycles. The van der Waals surface area contributed by atoms with E-state index in [1.807, 2.05) is 93.0 Å². The van der Waals surface area contributed by atoms with E-state index in [1.54, 1.807) is 36.4 Å². The maximum Gasteiger partial charge on any atom is 0.280 e. The Labute approximate surface area is 346 Å². The molecule has 1 saturated heterocycles. The first-order chi connectivity index (χ1) is 28.5. The van der Waals surface area contributed by atoms with Crippen molar-refractivity contribution in [2.45, 2.75) is 76.7 Å². The lowest BCUT2D eigenvalue weighted by molar-refractivity contribution is -0.0912. The molecule has 2 aromatic heterocycles. The number of hydrogen-bond donors (Lipinski definition) is 1. The zero-order valence-electron chi connectivity index (χ0n) is 34.8. The summed E-state index contributed by atoms with van der Waals surface area (Å²) >= 11 is 0. The van der Waals surface area contributed by atoms with E-state index in [0.29, 0.717) is 23.6 Å². The maximum absolute atomic E-state index is 13.2. The zero-order chi connectivity index (χ0) is 42.1. The lowest BCUT2D eigenvalue weighted by Gasteiger charge is -2.39. The van der Waals surface area contributed by atoms with Crippen LogP contribution in [0.4, 0.5) is 5.95 Å². The predicted octanol–water partition coefficient (Wildman–Crippen LogP) is 7.32. The summed E-state index contributed by atoms with van der Waals surface area (Å²) < 4.78 is 42.7. The summed E-state index contributed by atoms with van der Waals surface area (Å²) in [4.78, 5) is 31.0. The Hall–Kier alpha value is -5.20. The maximum atomic E-state index is 13.2. The summed E-state index contributed by atoms with van der Waals surface area (Å²) in [6.07, 6.45) is 1.79. The molecule has 16 heteroatoms. The van der Waals surface area contributed by atoms with Crippen molar-refractivity contribution in [1.82, 2.24) is 29.1 Å². The molecule has 4 atom stereocenters. The predicted molar refractivity (Wildman–Crippen MR) is 227 cm³/mol. The summed E-state index contributed by atoms with van der Waals surface area (Å²) in [5, 5.41) is 9.40. The van der Waals surface area contributed by atoms with Gasteiger partial charge in [-0.1, -0.05) is 54.6 Å². The monoisotopic (exact) mass is 824 g/mol. The van der Waals surface area contributed by atoms with Crippen LogP contribution in [0, 0.1) is 11.3 Å². The summed E-state index contributed by atoms with van der Waals surface area (Å²) in [5.74, 6) is 1.55. The minimum atomic E-state index is -1.67. The second-order valence-corrected chi connectivity index (χ2v) is 16.2. The van der Waals surface area contributed by atoms with Crippen LogP contribution in [-0.4, -0.2) is 101 Å². The Morgan fingerprint density at radius 2 is 1.59 bits per heavy atom. The standard InChI is InChI=1S/C43H53N8O7P/c1-29(2)51(30(3)4)59(56-24-12-23-44)58-36-25-38(50-28-45-39-40(50)47-42(48-41(39)52)46-27-49(5)6)57-37(36)26-55-43(31-13-10-9-11-14-31,32-15-19-34(53-7)20-16-32)33-17-21-35(54-8)22-18-33/h9-11,13-22,27-30,36-38H,12,24-26H2,1-8H3,(H,47,48,52)/b46-27-/t36-,37?,38?,59?/m1/s1. The van der Waals surface area contributed by atoms with Crippen molar-refractivity contribution < 1.29 is 28.0 Å². The molecule has 5 aromatic rings. The lowest BCUT2D eigenvalue weighted by Crippen LogP contribution is -2.39. The molecule has 312 valence electrons. The third kappa shape index (κ3) is 9.82. The van der Waals surface area contributed by atoms with E-state index >= 15 is 0 Å². The molecule has 1 aliphatic rings. The largest absolute Gasteiger partial charge is 0.497 e. The third-order valence-corrected chi connectivity index (χ3v) is 12.0. The third-order valence-electron chi connectivity index (χ3n) is 9.85. The van der Waals surface area contributed by atoms with Gasteiger partial charge >= 0.3 is 0 Å². The highest BCUT2D eigenvalue weighted by molar-refractivity contribution is 7.44. The summed E-state index contributed by atoms with van der Waals surface area (Å²) in [5.41, 5.74) is 1.55. The van der Waals surface area contributed by atoms with Crippen LogP contribution in [-0.2, 0) is 24.1 Å². The number of aliphatic imine (C=N–C) groups is 1. The highest BCUT2D eigenvalue weighted by atomic mass is 31.2. The van der Waals surface area contributed by atoms with Crippen molar-refractivity contribution in [1.29, 1.82) is 5.26 Å². The number of imidazole rings is 1. The Morgan fingerprint density at radius 3 is 2.15 bits per heavy atom. The fourth-order valence-electron chi connectivity index (χ4n) is 7.18. The highest BCUT2D eigenvalue weighted by Gasteiger charge is 2.45. The second-order valence-electron chi connectivity index (χ2n) is 14.8. The smallest absolute Gasteiger partial charge is 0.280 e. The normalized spacial score (nSPS) is 17.6. The highest BCUT2D eigenvalue weighted by Crippen LogP contribution is 2.51. The van der Waals surface area contributed by atoms with Crippen LogP contribution < -0.4 is 15.0 Å². The molecular weight excluding hydrogens is 771 g/mol. The number of ether oxygens (including phenoxy) is 4. The Kier molecular flexibility index (Phi) is 14.5. The average molecular weight is 825 g/mol. The molecule has 3 aromatic carbocycles. The van der Waals surface area contributed by atoms with E-state index < -0.39 is 38.1 Å². The van der Waals surface area contributed by atoms with Crippen LogP contribution >= 0.6 is 8.53 Å². The number of nitriles is 1. The van der Waals surface area contributed by atoms with Gasteiger partial charge in [0.15, 0.2) is 11.2 Å².